The van der Waals surface area contributed by atoms with Crippen LogP contribution in [0.15, 0.2) is 83.7 Å². The molecule has 1 atom stereocenters. The van der Waals surface area contributed by atoms with Crippen molar-refractivity contribution in [1.82, 2.24) is 30.1 Å². The Labute approximate surface area is 232 Å². The summed E-state index contributed by atoms with van der Waals surface area (Å²) in [6, 6.07) is 25.5. The number of benzene rings is 3. The largest absolute Gasteiger partial charge is 0.383 e. The van der Waals surface area contributed by atoms with Gasteiger partial charge in [-0.15, -0.1) is 5.10 Å². The van der Waals surface area contributed by atoms with Crippen LogP contribution in [0.25, 0.3) is 10.9 Å². The smallest absolute Gasteiger partial charge is 0.253 e. The van der Waals surface area contributed by atoms with E-state index in [1.54, 1.807) is 11.8 Å². The minimum absolute atomic E-state index is 0.174. The summed E-state index contributed by atoms with van der Waals surface area (Å²) in [5.41, 5.74) is 4.57. The number of aryl methyl sites for hydroxylation is 1. The number of halogens is 1. The average molecular weight is 543 g/mol. The lowest BCUT2D eigenvalue weighted by Crippen LogP contribution is -2.35. The molecule has 5 rings (SSSR count). The van der Waals surface area contributed by atoms with E-state index < -0.39 is 6.04 Å². The summed E-state index contributed by atoms with van der Waals surface area (Å²) in [6.45, 7) is 4.13. The molecule has 39 heavy (non-hydrogen) atoms. The van der Waals surface area contributed by atoms with E-state index in [9.17, 15) is 4.79 Å². The summed E-state index contributed by atoms with van der Waals surface area (Å²) in [5.74, 6) is 0.577. The van der Waals surface area contributed by atoms with E-state index in [2.05, 4.69) is 50.5 Å². The SMILES string of the molecule is CCc1ccc2[nH]c(=O)c([C@@H](c3nnnn3CCOC)N(Cc3ccccc3)Cc3ccc(Cl)cc3)cc2c1. The highest BCUT2D eigenvalue weighted by molar-refractivity contribution is 6.30. The zero-order chi connectivity index (χ0) is 27.2. The summed E-state index contributed by atoms with van der Waals surface area (Å²) in [6.07, 6.45) is 0.903. The van der Waals surface area contributed by atoms with Crippen LogP contribution in [0, 0.1) is 0 Å². The zero-order valence-corrected chi connectivity index (χ0v) is 22.8. The van der Waals surface area contributed by atoms with Crippen LogP contribution >= 0.6 is 11.6 Å². The summed E-state index contributed by atoms with van der Waals surface area (Å²) in [7, 11) is 1.64. The second kappa shape index (κ2) is 12.3. The van der Waals surface area contributed by atoms with E-state index in [-0.39, 0.29) is 5.56 Å². The maximum atomic E-state index is 13.7. The van der Waals surface area contributed by atoms with E-state index in [1.807, 2.05) is 60.7 Å². The lowest BCUT2D eigenvalue weighted by Gasteiger charge is -2.31. The fraction of sp³-hybridized carbons (Fsp3) is 0.267. The number of hydrogen-bond donors (Lipinski definition) is 1. The van der Waals surface area contributed by atoms with Gasteiger partial charge >= 0.3 is 0 Å². The third-order valence-electron chi connectivity index (χ3n) is 6.84. The van der Waals surface area contributed by atoms with Gasteiger partial charge in [0.25, 0.3) is 5.56 Å². The first-order valence-corrected chi connectivity index (χ1v) is 13.4. The Morgan fingerprint density at radius 3 is 2.41 bits per heavy atom. The summed E-state index contributed by atoms with van der Waals surface area (Å²) in [4.78, 5) is 19.0. The average Bonchev–Trinajstić information content (AvgIpc) is 3.41. The van der Waals surface area contributed by atoms with Gasteiger partial charge in [-0.05, 0) is 69.3 Å². The maximum Gasteiger partial charge on any atom is 0.253 e. The van der Waals surface area contributed by atoms with Crippen LogP contribution in [0.2, 0.25) is 5.02 Å². The molecule has 3 aromatic carbocycles. The Hall–Kier alpha value is -3.85. The molecule has 0 bridgehead atoms. The zero-order valence-electron chi connectivity index (χ0n) is 22.0. The van der Waals surface area contributed by atoms with Crippen LogP contribution in [0.3, 0.4) is 0 Å². The third-order valence-corrected chi connectivity index (χ3v) is 7.10. The van der Waals surface area contributed by atoms with Gasteiger partial charge < -0.3 is 9.72 Å². The van der Waals surface area contributed by atoms with Gasteiger partial charge in [-0.1, -0.05) is 67.1 Å². The Morgan fingerprint density at radius 2 is 1.69 bits per heavy atom. The molecule has 9 heteroatoms. The number of aromatic nitrogens is 5. The molecule has 0 amide bonds. The number of tetrazole rings is 1. The first-order chi connectivity index (χ1) is 19.1. The predicted molar refractivity (Wildman–Crippen MR) is 153 cm³/mol. The molecular formula is C30H31ClN6O2. The second-order valence-corrected chi connectivity index (χ2v) is 9.94. The second-order valence-electron chi connectivity index (χ2n) is 9.50. The van der Waals surface area contributed by atoms with Crippen LogP contribution in [0.4, 0.5) is 0 Å². The number of hydrogen-bond acceptors (Lipinski definition) is 6. The molecule has 0 fully saturated rings. The Morgan fingerprint density at radius 1 is 0.974 bits per heavy atom. The molecule has 0 unspecified atom stereocenters. The van der Waals surface area contributed by atoms with Crippen molar-refractivity contribution < 1.29 is 4.74 Å². The fourth-order valence-electron chi connectivity index (χ4n) is 4.82. The number of aromatic amines is 1. The van der Waals surface area contributed by atoms with Gasteiger partial charge in [0.2, 0.25) is 0 Å². The molecule has 2 heterocycles. The molecule has 8 nitrogen and oxygen atoms in total. The molecule has 200 valence electrons. The first-order valence-electron chi connectivity index (χ1n) is 13.0. The molecule has 0 saturated heterocycles. The summed E-state index contributed by atoms with van der Waals surface area (Å²) < 4.78 is 7.04. The van der Waals surface area contributed by atoms with E-state index >= 15 is 0 Å². The highest BCUT2D eigenvalue weighted by Crippen LogP contribution is 2.30. The van der Waals surface area contributed by atoms with E-state index in [0.29, 0.717) is 42.7 Å². The predicted octanol–water partition coefficient (Wildman–Crippen LogP) is 5.17. The van der Waals surface area contributed by atoms with Gasteiger partial charge in [0.05, 0.1) is 13.2 Å². The van der Waals surface area contributed by atoms with Crippen molar-refractivity contribution in [3.63, 3.8) is 0 Å². The van der Waals surface area contributed by atoms with Crippen LogP contribution in [-0.4, -0.2) is 43.8 Å². The number of nitrogens with one attached hydrogen (secondary N) is 1. The number of methoxy groups -OCH3 is 1. The molecule has 0 spiro atoms. The van der Waals surface area contributed by atoms with Gasteiger partial charge in [0.1, 0.15) is 6.04 Å². The quantitative estimate of drug-likeness (QED) is 0.248. The van der Waals surface area contributed by atoms with Crippen LogP contribution in [0.5, 0.6) is 0 Å². The van der Waals surface area contributed by atoms with Crippen molar-refractivity contribution in [3.05, 3.63) is 122 Å². The number of pyridine rings is 1. The number of H-pyrrole nitrogens is 1. The van der Waals surface area contributed by atoms with Gasteiger partial charge in [0.15, 0.2) is 5.82 Å². The fourth-order valence-corrected chi connectivity index (χ4v) is 4.95. The minimum Gasteiger partial charge on any atom is -0.383 e. The van der Waals surface area contributed by atoms with Crippen molar-refractivity contribution in [2.45, 2.75) is 39.0 Å². The van der Waals surface area contributed by atoms with Crippen molar-refractivity contribution in [2.24, 2.45) is 0 Å². The molecule has 5 aromatic rings. The van der Waals surface area contributed by atoms with Crippen LogP contribution in [0.1, 0.15) is 41.0 Å². The molecule has 1 N–H and O–H groups in total. The van der Waals surface area contributed by atoms with Crippen LogP contribution in [-0.2, 0) is 30.8 Å². The molecule has 0 aliphatic heterocycles. The van der Waals surface area contributed by atoms with Crippen molar-refractivity contribution in [1.29, 1.82) is 0 Å². The lowest BCUT2D eigenvalue weighted by molar-refractivity contribution is 0.169. The van der Waals surface area contributed by atoms with Gasteiger partial charge in [0, 0.05) is 36.3 Å². The Kier molecular flexibility index (Phi) is 8.46. The van der Waals surface area contributed by atoms with Gasteiger partial charge in [-0.2, -0.15) is 0 Å². The van der Waals surface area contributed by atoms with Crippen molar-refractivity contribution in [3.8, 4) is 0 Å². The number of ether oxygens (including phenoxy) is 1. The maximum absolute atomic E-state index is 13.7. The number of fused-ring (bicyclic) bond motifs is 1. The van der Waals surface area contributed by atoms with Crippen LogP contribution < -0.4 is 5.56 Å². The third kappa shape index (κ3) is 6.25. The van der Waals surface area contributed by atoms with E-state index in [0.717, 1.165) is 28.5 Å². The van der Waals surface area contributed by atoms with Gasteiger partial charge in [-0.3, -0.25) is 9.69 Å². The molecule has 0 aliphatic rings. The Bertz CT molecular complexity index is 1580. The molecule has 0 saturated carbocycles. The van der Waals surface area contributed by atoms with Gasteiger partial charge in [-0.25, -0.2) is 4.68 Å². The highest BCUT2D eigenvalue weighted by atomic mass is 35.5. The summed E-state index contributed by atoms with van der Waals surface area (Å²) in [5, 5.41) is 14.3. The monoisotopic (exact) mass is 542 g/mol. The standard InChI is InChI=1S/C30H31ClN6O2/c1-3-21-11-14-27-24(17-21)18-26(30(38)32-27)28(29-33-34-35-37(29)15-16-39-2)36(19-22-7-5-4-6-8-22)20-23-9-12-25(31)13-10-23/h4-14,17-18,28H,3,15-16,19-20H2,1-2H3,(H,32,38)/t28-/m0/s1. The molecule has 0 radical (unpaired) electrons. The highest BCUT2D eigenvalue weighted by Gasteiger charge is 2.31. The molecule has 0 aliphatic carbocycles. The molecule has 2 aromatic heterocycles. The van der Waals surface area contributed by atoms with Crippen molar-refractivity contribution in [2.75, 3.05) is 13.7 Å². The Balaban J connectivity index is 1.69. The summed E-state index contributed by atoms with van der Waals surface area (Å²) >= 11 is 6.19. The lowest BCUT2D eigenvalue weighted by atomic mass is 10.0. The normalized spacial score (nSPS) is 12.3. The van der Waals surface area contributed by atoms with E-state index in [1.165, 1.54) is 5.56 Å². The minimum atomic E-state index is -0.536. The number of rotatable bonds is 11. The first kappa shape index (κ1) is 26.7. The van der Waals surface area contributed by atoms with Crippen molar-refractivity contribution >= 4 is 22.5 Å². The topological polar surface area (TPSA) is 88.9 Å². The molecular weight excluding hydrogens is 512 g/mol. The van der Waals surface area contributed by atoms with E-state index in [4.69, 9.17) is 16.3 Å². The number of nitrogens with zero attached hydrogens (tertiary/aromatic N) is 5.